The number of aliphatic hydroxyl groups excluding tert-OH is 1. The van der Waals surface area contributed by atoms with Gasteiger partial charge in [0.05, 0.1) is 23.2 Å². The van der Waals surface area contributed by atoms with Gasteiger partial charge in [0.15, 0.2) is 11.5 Å². The van der Waals surface area contributed by atoms with Crippen LogP contribution in [0.25, 0.3) is 22.1 Å². The summed E-state index contributed by atoms with van der Waals surface area (Å²) in [6.45, 7) is 5.70. The first-order chi connectivity index (χ1) is 17.8. The van der Waals surface area contributed by atoms with Gasteiger partial charge in [-0.1, -0.05) is 23.4 Å². The van der Waals surface area contributed by atoms with Gasteiger partial charge in [-0.05, 0) is 44.9 Å². The standard InChI is InChI=1S/C25H27N7O4S/c1-16(33)24-28-21-14-26-25-20(10-13-31(25)37(34,35)19-6-4-3-5-7-19)23(21)32(24)18-8-11-30(12-9-18)15-22-27-17(2)29-36-22/h3-7,10,13-14,16,18,33H,8-9,11-12,15H2,1-2H3/t16-/m1/s1. The number of aromatic nitrogens is 6. The fourth-order valence-corrected chi connectivity index (χ4v) is 6.48. The van der Waals surface area contributed by atoms with Crippen LogP contribution in [0.5, 0.6) is 0 Å². The van der Waals surface area contributed by atoms with Gasteiger partial charge in [0.1, 0.15) is 17.4 Å². The summed E-state index contributed by atoms with van der Waals surface area (Å²) in [4.78, 5) is 15.9. The zero-order valence-electron chi connectivity index (χ0n) is 20.5. The number of hydrogen-bond acceptors (Lipinski definition) is 9. The Morgan fingerprint density at radius 3 is 2.57 bits per heavy atom. The summed E-state index contributed by atoms with van der Waals surface area (Å²) < 4.78 is 35.3. The fraction of sp³-hybridized carbons (Fsp3) is 0.360. The highest BCUT2D eigenvalue weighted by atomic mass is 32.2. The molecular formula is C25H27N7O4S. The van der Waals surface area contributed by atoms with E-state index in [1.807, 2.05) is 0 Å². The number of aryl methyl sites for hydroxylation is 1. The van der Waals surface area contributed by atoms with Gasteiger partial charge >= 0.3 is 0 Å². The van der Waals surface area contributed by atoms with Crippen molar-refractivity contribution in [2.24, 2.45) is 0 Å². The number of imidazole rings is 1. The molecule has 1 atom stereocenters. The van der Waals surface area contributed by atoms with Crippen molar-refractivity contribution in [3.63, 3.8) is 0 Å². The normalized spacial score (nSPS) is 16.6. The number of fused-ring (bicyclic) bond motifs is 3. The van der Waals surface area contributed by atoms with Crippen LogP contribution >= 0.6 is 0 Å². The molecule has 0 radical (unpaired) electrons. The molecule has 11 nitrogen and oxygen atoms in total. The summed E-state index contributed by atoms with van der Waals surface area (Å²) in [7, 11) is -3.82. The average molecular weight is 522 g/mol. The molecule has 0 amide bonds. The predicted octanol–water partition coefficient (Wildman–Crippen LogP) is 3.20. The number of nitrogens with zero attached hydrogens (tertiary/aromatic N) is 7. The van der Waals surface area contributed by atoms with Crippen molar-refractivity contribution in [2.75, 3.05) is 13.1 Å². The molecule has 6 rings (SSSR count). The monoisotopic (exact) mass is 521 g/mol. The molecule has 1 aliphatic heterocycles. The van der Waals surface area contributed by atoms with Crippen LogP contribution in [0, 0.1) is 6.92 Å². The van der Waals surface area contributed by atoms with Gasteiger partial charge in [-0.3, -0.25) is 4.90 Å². The van der Waals surface area contributed by atoms with Gasteiger partial charge in [0, 0.05) is 30.7 Å². The number of aliphatic hydroxyl groups is 1. The first-order valence-corrected chi connectivity index (χ1v) is 13.6. The van der Waals surface area contributed by atoms with E-state index in [-0.39, 0.29) is 10.9 Å². The molecule has 0 aliphatic carbocycles. The Labute approximate surface area is 213 Å². The lowest BCUT2D eigenvalue weighted by atomic mass is 10.0. The lowest BCUT2D eigenvalue weighted by Crippen LogP contribution is -2.34. The Hall–Kier alpha value is -3.61. The van der Waals surface area contributed by atoms with Crippen LogP contribution in [-0.4, -0.2) is 60.2 Å². The lowest BCUT2D eigenvalue weighted by Gasteiger charge is -2.33. The van der Waals surface area contributed by atoms with Crippen molar-refractivity contribution in [3.05, 3.63) is 66.3 Å². The fourth-order valence-electron chi connectivity index (χ4n) is 5.16. The number of piperidine rings is 1. The Kier molecular flexibility index (Phi) is 5.81. The SMILES string of the molecule is Cc1noc(CN2CCC(n3c([C@@H](C)O)nc4cnc5c(ccn5S(=O)(=O)c5ccccc5)c43)CC2)n1. The average Bonchev–Trinajstić information content (AvgIpc) is 3.61. The van der Waals surface area contributed by atoms with E-state index in [0.29, 0.717) is 40.6 Å². The Balaban J connectivity index is 1.39. The second-order valence-electron chi connectivity index (χ2n) is 9.42. The minimum absolute atomic E-state index is 0.0787. The molecule has 1 saturated heterocycles. The van der Waals surface area contributed by atoms with Crippen molar-refractivity contribution in [1.29, 1.82) is 0 Å². The molecule has 1 aromatic carbocycles. The third-order valence-electron chi connectivity index (χ3n) is 6.88. The summed E-state index contributed by atoms with van der Waals surface area (Å²) in [5.41, 5.74) is 1.75. The summed E-state index contributed by atoms with van der Waals surface area (Å²) >= 11 is 0. The van der Waals surface area contributed by atoms with E-state index in [4.69, 9.17) is 9.51 Å². The lowest BCUT2D eigenvalue weighted by molar-refractivity contribution is 0.148. The van der Waals surface area contributed by atoms with Gasteiger partial charge in [-0.15, -0.1) is 0 Å². The number of benzene rings is 1. The molecule has 1 N–H and O–H groups in total. The summed E-state index contributed by atoms with van der Waals surface area (Å²) in [6, 6.07) is 10.1. The van der Waals surface area contributed by atoms with E-state index in [0.717, 1.165) is 31.4 Å². The molecule has 4 aromatic heterocycles. The maximum atomic E-state index is 13.4. The van der Waals surface area contributed by atoms with E-state index in [1.54, 1.807) is 56.4 Å². The van der Waals surface area contributed by atoms with Gasteiger partial charge in [-0.2, -0.15) is 4.98 Å². The van der Waals surface area contributed by atoms with E-state index >= 15 is 0 Å². The Morgan fingerprint density at radius 1 is 1.14 bits per heavy atom. The van der Waals surface area contributed by atoms with Crippen LogP contribution in [0.2, 0.25) is 0 Å². The molecule has 0 saturated carbocycles. The van der Waals surface area contributed by atoms with Gasteiger partial charge < -0.3 is 14.2 Å². The van der Waals surface area contributed by atoms with Gasteiger partial charge in [0.2, 0.25) is 5.89 Å². The highest BCUT2D eigenvalue weighted by Crippen LogP contribution is 2.35. The third kappa shape index (κ3) is 4.10. The molecule has 1 fully saturated rings. The molecular weight excluding hydrogens is 494 g/mol. The molecule has 0 bridgehead atoms. The first-order valence-electron chi connectivity index (χ1n) is 12.2. The molecule has 5 aromatic rings. The van der Waals surface area contributed by atoms with Crippen LogP contribution in [0.15, 0.2) is 58.2 Å². The van der Waals surface area contributed by atoms with Crippen molar-refractivity contribution in [2.45, 2.75) is 50.3 Å². The number of likely N-dealkylation sites (tertiary alicyclic amines) is 1. The van der Waals surface area contributed by atoms with E-state index in [1.165, 1.54) is 10.2 Å². The maximum absolute atomic E-state index is 13.4. The Morgan fingerprint density at radius 2 is 1.89 bits per heavy atom. The summed E-state index contributed by atoms with van der Waals surface area (Å²) in [5.74, 6) is 1.77. The minimum Gasteiger partial charge on any atom is -0.385 e. The maximum Gasteiger partial charge on any atom is 0.269 e. The van der Waals surface area contributed by atoms with Crippen molar-refractivity contribution >= 4 is 32.1 Å². The zero-order chi connectivity index (χ0) is 25.7. The number of rotatable bonds is 6. The number of hydrogen-bond donors (Lipinski definition) is 1. The highest BCUT2D eigenvalue weighted by Gasteiger charge is 2.29. The summed E-state index contributed by atoms with van der Waals surface area (Å²) in [6.07, 6.45) is 3.98. The van der Waals surface area contributed by atoms with Crippen LogP contribution in [0.3, 0.4) is 0 Å². The molecule has 1 aliphatic rings. The quantitative estimate of drug-likeness (QED) is 0.358. The van der Waals surface area contributed by atoms with E-state index < -0.39 is 16.1 Å². The largest absolute Gasteiger partial charge is 0.385 e. The zero-order valence-corrected chi connectivity index (χ0v) is 21.3. The van der Waals surface area contributed by atoms with Crippen molar-refractivity contribution < 1.29 is 18.0 Å². The van der Waals surface area contributed by atoms with Crippen LogP contribution in [-0.2, 0) is 16.6 Å². The molecule has 0 unspecified atom stereocenters. The van der Waals surface area contributed by atoms with E-state index in [2.05, 4.69) is 24.6 Å². The second kappa shape index (κ2) is 9.05. The van der Waals surface area contributed by atoms with Crippen molar-refractivity contribution in [1.82, 2.24) is 33.5 Å². The summed E-state index contributed by atoms with van der Waals surface area (Å²) in [5, 5.41) is 15.1. The first kappa shape index (κ1) is 23.8. The second-order valence-corrected chi connectivity index (χ2v) is 11.2. The highest BCUT2D eigenvalue weighted by molar-refractivity contribution is 7.90. The molecule has 0 spiro atoms. The number of pyridine rings is 1. The van der Waals surface area contributed by atoms with Gasteiger partial charge in [0.25, 0.3) is 10.0 Å². The molecule has 12 heteroatoms. The minimum atomic E-state index is -3.82. The van der Waals surface area contributed by atoms with Crippen molar-refractivity contribution in [3.8, 4) is 0 Å². The van der Waals surface area contributed by atoms with Crippen LogP contribution in [0.1, 0.15) is 49.5 Å². The van der Waals surface area contributed by atoms with E-state index in [9.17, 15) is 13.5 Å². The molecule has 5 heterocycles. The smallest absolute Gasteiger partial charge is 0.269 e. The van der Waals surface area contributed by atoms with Crippen LogP contribution < -0.4 is 0 Å². The topological polar surface area (TPSA) is 132 Å². The third-order valence-corrected chi connectivity index (χ3v) is 8.56. The Bertz CT molecular complexity index is 1680. The predicted molar refractivity (Wildman–Crippen MR) is 135 cm³/mol. The molecule has 37 heavy (non-hydrogen) atoms. The van der Waals surface area contributed by atoms with Crippen LogP contribution in [0.4, 0.5) is 0 Å². The molecule has 192 valence electrons. The van der Waals surface area contributed by atoms with Gasteiger partial charge in [-0.25, -0.2) is 22.4 Å².